The lowest BCUT2D eigenvalue weighted by Gasteiger charge is -2.03. The SMILES string of the molecule is C=C(CCl)c1cc(F)c(F)c(F)c1. The summed E-state index contributed by atoms with van der Waals surface area (Å²) in [5, 5.41) is 0. The van der Waals surface area contributed by atoms with Crippen molar-refractivity contribution in [1.29, 1.82) is 0 Å². The highest BCUT2D eigenvalue weighted by Gasteiger charge is 2.11. The Morgan fingerprint density at radius 3 is 2.08 bits per heavy atom. The molecular weight excluding hydrogens is 201 g/mol. The summed E-state index contributed by atoms with van der Waals surface area (Å²) < 4.78 is 37.7. The van der Waals surface area contributed by atoms with Crippen molar-refractivity contribution in [2.75, 3.05) is 5.88 Å². The maximum Gasteiger partial charge on any atom is 0.194 e. The molecule has 1 rings (SSSR count). The van der Waals surface area contributed by atoms with Gasteiger partial charge >= 0.3 is 0 Å². The van der Waals surface area contributed by atoms with E-state index in [1.807, 2.05) is 0 Å². The van der Waals surface area contributed by atoms with Crippen LogP contribution in [-0.2, 0) is 0 Å². The lowest BCUT2D eigenvalue weighted by molar-refractivity contribution is 0.446. The summed E-state index contributed by atoms with van der Waals surface area (Å²) in [6, 6.07) is 1.73. The zero-order chi connectivity index (χ0) is 10.0. The third kappa shape index (κ3) is 2.04. The van der Waals surface area contributed by atoms with E-state index in [9.17, 15) is 13.2 Å². The molecule has 0 N–H and O–H groups in total. The number of hydrogen-bond acceptors (Lipinski definition) is 0. The summed E-state index contributed by atoms with van der Waals surface area (Å²) in [4.78, 5) is 0. The molecule has 0 spiro atoms. The second-order valence-corrected chi connectivity index (χ2v) is 2.76. The van der Waals surface area contributed by atoms with E-state index >= 15 is 0 Å². The fraction of sp³-hybridized carbons (Fsp3) is 0.111. The predicted octanol–water partition coefficient (Wildman–Crippen LogP) is 3.36. The third-order valence-electron chi connectivity index (χ3n) is 1.55. The minimum absolute atomic E-state index is 0.0461. The van der Waals surface area contributed by atoms with Crippen LogP contribution in [0.1, 0.15) is 5.56 Å². The average molecular weight is 207 g/mol. The molecular formula is C9H6ClF3. The van der Waals surface area contributed by atoms with E-state index in [1.165, 1.54) is 0 Å². The van der Waals surface area contributed by atoms with E-state index in [1.54, 1.807) is 0 Å². The quantitative estimate of drug-likeness (QED) is 0.514. The van der Waals surface area contributed by atoms with E-state index in [0.717, 1.165) is 12.1 Å². The van der Waals surface area contributed by atoms with Gasteiger partial charge < -0.3 is 0 Å². The monoisotopic (exact) mass is 206 g/mol. The number of hydrogen-bond donors (Lipinski definition) is 0. The molecule has 1 aromatic carbocycles. The Kier molecular flexibility index (Phi) is 2.98. The number of benzene rings is 1. The van der Waals surface area contributed by atoms with E-state index in [4.69, 9.17) is 11.6 Å². The summed E-state index contributed by atoms with van der Waals surface area (Å²) in [5.41, 5.74) is 0.519. The molecule has 0 radical (unpaired) electrons. The number of alkyl halides is 1. The van der Waals surface area contributed by atoms with Crippen molar-refractivity contribution in [3.8, 4) is 0 Å². The van der Waals surface area contributed by atoms with Crippen molar-refractivity contribution in [2.24, 2.45) is 0 Å². The van der Waals surface area contributed by atoms with Gasteiger partial charge in [0.05, 0.1) is 0 Å². The molecule has 70 valence electrons. The van der Waals surface area contributed by atoms with Gasteiger partial charge in [0, 0.05) is 5.88 Å². The van der Waals surface area contributed by atoms with Crippen molar-refractivity contribution >= 4 is 17.2 Å². The zero-order valence-electron chi connectivity index (χ0n) is 6.58. The van der Waals surface area contributed by atoms with Gasteiger partial charge in [-0.2, -0.15) is 0 Å². The van der Waals surface area contributed by atoms with Gasteiger partial charge in [-0.05, 0) is 23.3 Å². The van der Waals surface area contributed by atoms with Gasteiger partial charge in [-0.25, -0.2) is 13.2 Å². The van der Waals surface area contributed by atoms with Gasteiger partial charge in [-0.3, -0.25) is 0 Å². The summed E-state index contributed by atoms with van der Waals surface area (Å²) in [7, 11) is 0. The average Bonchev–Trinajstić information content (AvgIpc) is 2.12. The molecule has 0 bridgehead atoms. The van der Waals surface area contributed by atoms with Crippen LogP contribution in [0.3, 0.4) is 0 Å². The molecule has 0 saturated carbocycles. The number of halogens is 4. The van der Waals surface area contributed by atoms with Crippen LogP contribution in [0.25, 0.3) is 5.57 Å². The van der Waals surface area contributed by atoms with Gasteiger partial charge in [0.2, 0.25) is 0 Å². The molecule has 0 aliphatic carbocycles. The van der Waals surface area contributed by atoms with Crippen molar-refractivity contribution in [3.05, 3.63) is 41.7 Å². The molecule has 0 aromatic heterocycles. The Morgan fingerprint density at radius 1 is 1.23 bits per heavy atom. The molecule has 0 aliphatic rings. The smallest absolute Gasteiger partial charge is 0.194 e. The fourth-order valence-corrected chi connectivity index (χ4v) is 0.991. The highest BCUT2D eigenvalue weighted by molar-refractivity contribution is 6.23. The van der Waals surface area contributed by atoms with Crippen LogP contribution in [0, 0.1) is 17.5 Å². The van der Waals surface area contributed by atoms with Crippen LogP contribution in [0.5, 0.6) is 0 Å². The van der Waals surface area contributed by atoms with E-state index in [-0.39, 0.29) is 11.4 Å². The van der Waals surface area contributed by atoms with Crippen LogP contribution in [0.15, 0.2) is 18.7 Å². The molecule has 0 atom stereocenters. The standard InChI is InChI=1S/C9H6ClF3/c1-5(4-10)6-2-7(11)9(13)8(12)3-6/h2-3H,1,4H2. The molecule has 0 amide bonds. The van der Waals surface area contributed by atoms with Crippen molar-refractivity contribution in [2.45, 2.75) is 0 Å². The number of allylic oxidation sites excluding steroid dienone is 1. The second-order valence-electron chi connectivity index (χ2n) is 2.49. The Morgan fingerprint density at radius 2 is 1.69 bits per heavy atom. The molecule has 0 heterocycles. The molecule has 0 fully saturated rings. The van der Waals surface area contributed by atoms with Gasteiger partial charge in [0.1, 0.15) is 0 Å². The fourth-order valence-electron chi connectivity index (χ4n) is 0.837. The summed E-state index contributed by atoms with van der Waals surface area (Å²) in [6.45, 7) is 3.47. The number of rotatable bonds is 2. The van der Waals surface area contributed by atoms with Crippen molar-refractivity contribution in [1.82, 2.24) is 0 Å². The first-order valence-electron chi connectivity index (χ1n) is 3.45. The minimum atomic E-state index is -1.48. The van der Waals surface area contributed by atoms with Crippen LogP contribution >= 0.6 is 11.6 Å². The maximum atomic E-state index is 12.6. The Labute approximate surface area is 78.6 Å². The second kappa shape index (κ2) is 3.83. The van der Waals surface area contributed by atoms with Gasteiger partial charge in [-0.15, -0.1) is 11.6 Å². The molecule has 4 heteroatoms. The highest BCUT2D eigenvalue weighted by atomic mass is 35.5. The molecule has 0 nitrogen and oxygen atoms in total. The Balaban J connectivity index is 3.20. The third-order valence-corrected chi connectivity index (χ3v) is 1.88. The summed E-state index contributed by atoms with van der Waals surface area (Å²) >= 11 is 5.39. The molecule has 13 heavy (non-hydrogen) atoms. The van der Waals surface area contributed by atoms with Crippen LogP contribution in [-0.4, -0.2) is 5.88 Å². The Hall–Kier alpha value is -0.960. The van der Waals surface area contributed by atoms with Crippen LogP contribution in [0.2, 0.25) is 0 Å². The van der Waals surface area contributed by atoms with Gasteiger partial charge in [0.15, 0.2) is 17.5 Å². The van der Waals surface area contributed by atoms with Crippen LogP contribution < -0.4 is 0 Å². The lowest BCUT2D eigenvalue weighted by atomic mass is 10.1. The largest absolute Gasteiger partial charge is 0.204 e. The first kappa shape index (κ1) is 10.1. The molecule has 0 aliphatic heterocycles. The van der Waals surface area contributed by atoms with E-state index in [0.29, 0.717) is 5.57 Å². The van der Waals surface area contributed by atoms with E-state index < -0.39 is 17.5 Å². The molecule has 0 saturated heterocycles. The summed E-state index contributed by atoms with van der Waals surface area (Å²) in [5.74, 6) is -3.90. The summed E-state index contributed by atoms with van der Waals surface area (Å²) in [6.07, 6.45) is 0. The first-order chi connectivity index (χ1) is 6.06. The van der Waals surface area contributed by atoms with Crippen molar-refractivity contribution < 1.29 is 13.2 Å². The zero-order valence-corrected chi connectivity index (χ0v) is 7.34. The molecule has 0 unspecified atom stereocenters. The highest BCUT2D eigenvalue weighted by Crippen LogP contribution is 2.19. The first-order valence-corrected chi connectivity index (χ1v) is 3.98. The normalized spacial score (nSPS) is 10.2. The predicted molar refractivity (Wildman–Crippen MR) is 46.1 cm³/mol. The van der Waals surface area contributed by atoms with Gasteiger partial charge in [-0.1, -0.05) is 6.58 Å². The molecule has 1 aromatic rings. The van der Waals surface area contributed by atoms with Crippen molar-refractivity contribution in [3.63, 3.8) is 0 Å². The topological polar surface area (TPSA) is 0 Å². The van der Waals surface area contributed by atoms with Gasteiger partial charge in [0.25, 0.3) is 0 Å². The lowest BCUT2D eigenvalue weighted by Crippen LogP contribution is -1.94. The minimum Gasteiger partial charge on any atom is -0.204 e. The Bertz CT molecular complexity index is 324. The van der Waals surface area contributed by atoms with Crippen LogP contribution in [0.4, 0.5) is 13.2 Å². The van der Waals surface area contributed by atoms with E-state index in [2.05, 4.69) is 6.58 Å². The maximum absolute atomic E-state index is 12.6.